The molecule has 36 heavy (non-hydrogen) atoms. The molecule has 3 aromatic carbocycles. The number of anilines is 1. The van der Waals surface area contributed by atoms with E-state index >= 15 is 0 Å². The van der Waals surface area contributed by atoms with Crippen molar-refractivity contribution in [3.05, 3.63) is 83.4 Å². The largest absolute Gasteiger partial charge is 0.493 e. The Labute approximate surface area is 221 Å². The number of aryl methyl sites for hydroxylation is 1. The number of halogens is 1. The smallest absolute Gasteiger partial charge is 0.299 e. The van der Waals surface area contributed by atoms with E-state index in [4.69, 9.17) is 14.5 Å². The number of nitrogens with one attached hydrogen (secondary N) is 1. The summed E-state index contributed by atoms with van der Waals surface area (Å²) in [6, 6.07) is 22.3. The van der Waals surface area contributed by atoms with Crippen molar-refractivity contribution in [1.29, 1.82) is 0 Å². The number of hydrogen-bond acceptors (Lipinski definition) is 6. The first-order chi connectivity index (χ1) is 17.2. The zero-order valence-corrected chi connectivity index (χ0v) is 21.7. The third-order valence-corrected chi connectivity index (χ3v) is 6.81. The van der Waals surface area contributed by atoms with Gasteiger partial charge in [-0.05, 0) is 66.4 Å². The predicted octanol–water partition coefficient (Wildman–Crippen LogP) is 5.82. The number of methoxy groups -OCH3 is 2. The van der Waals surface area contributed by atoms with Gasteiger partial charge in [0.15, 0.2) is 11.5 Å². The van der Waals surface area contributed by atoms with Crippen LogP contribution in [0.4, 0.5) is 16.2 Å². The van der Waals surface area contributed by atoms with E-state index in [2.05, 4.69) is 33.6 Å². The number of amides is 1. The first kappa shape index (κ1) is 25.6. The lowest BCUT2D eigenvalue weighted by Gasteiger charge is -2.33. The predicted molar refractivity (Wildman–Crippen MR) is 149 cm³/mol. The molecule has 2 heterocycles. The molecule has 0 spiro atoms. The van der Waals surface area contributed by atoms with Gasteiger partial charge in [-0.1, -0.05) is 36.0 Å². The average molecular weight is 523 g/mol. The number of benzene rings is 3. The van der Waals surface area contributed by atoms with Crippen LogP contribution in [0.15, 0.2) is 76.8 Å². The van der Waals surface area contributed by atoms with Crippen molar-refractivity contribution in [3.63, 3.8) is 0 Å². The van der Waals surface area contributed by atoms with Gasteiger partial charge in [-0.15, -0.1) is 12.4 Å². The lowest BCUT2D eigenvalue weighted by Crippen LogP contribution is -2.36. The number of amidine groups is 1. The summed E-state index contributed by atoms with van der Waals surface area (Å²) >= 11 is 1.24. The van der Waals surface area contributed by atoms with E-state index in [0.717, 1.165) is 53.4 Å². The summed E-state index contributed by atoms with van der Waals surface area (Å²) in [6.45, 7) is 0.846. The van der Waals surface area contributed by atoms with E-state index in [1.165, 1.54) is 17.3 Å². The van der Waals surface area contributed by atoms with Crippen molar-refractivity contribution in [3.8, 4) is 11.5 Å². The molecule has 0 aliphatic carbocycles. The van der Waals surface area contributed by atoms with E-state index < -0.39 is 0 Å². The zero-order chi connectivity index (χ0) is 24.2. The minimum Gasteiger partial charge on any atom is -0.493 e. The molecule has 9 heteroatoms. The number of nitrogens with zero attached hydrogens (tertiary/aromatic N) is 3. The summed E-state index contributed by atoms with van der Waals surface area (Å²) in [5.74, 6) is 2.76. The van der Waals surface area contributed by atoms with Crippen LogP contribution in [0.3, 0.4) is 0 Å². The number of carbonyl (C=O) groups excluding carboxylic acids is 1. The van der Waals surface area contributed by atoms with Gasteiger partial charge in [0.05, 0.1) is 25.6 Å². The molecule has 186 valence electrons. The molecular weight excluding hydrogens is 496 g/mol. The summed E-state index contributed by atoms with van der Waals surface area (Å²) < 4.78 is 11.0. The lowest BCUT2D eigenvalue weighted by atomic mass is 9.97. The maximum atomic E-state index is 11.5. The number of fused-ring (bicyclic) bond motifs is 1. The molecule has 2 aliphatic heterocycles. The summed E-state index contributed by atoms with van der Waals surface area (Å²) in [5, 5.41) is 4.14. The van der Waals surface area contributed by atoms with Gasteiger partial charge in [0.2, 0.25) is 0 Å². The van der Waals surface area contributed by atoms with Crippen LogP contribution in [0.2, 0.25) is 0 Å². The quantitative estimate of drug-likeness (QED) is 0.337. The normalized spacial score (nSPS) is 15.3. The Hall–Kier alpha value is -3.49. The average Bonchev–Trinajstić information content (AvgIpc) is 2.92. The van der Waals surface area contributed by atoms with Crippen LogP contribution in [-0.2, 0) is 6.42 Å². The van der Waals surface area contributed by atoms with Crippen molar-refractivity contribution >= 4 is 52.3 Å². The molecule has 1 N–H and O–H groups in total. The fraction of sp³-hybridized carbons (Fsp3) is 0.222. The SMILES string of the molecule is COc1ccc(C(=Nc2ccccc2)N2CCCc3cc(C4=NNC(=O)SC4)ccc32)cc1OC.Cl. The van der Waals surface area contributed by atoms with Crippen LogP contribution < -0.4 is 19.8 Å². The molecule has 0 aromatic heterocycles. The second-order valence-corrected chi connectivity index (χ2v) is 9.13. The molecule has 0 saturated carbocycles. The molecule has 1 amide bonds. The second kappa shape index (κ2) is 11.5. The molecule has 5 rings (SSSR count). The monoisotopic (exact) mass is 522 g/mol. The first-order valence-corrected chi connectivity index (χ1v) is 12.4. The fourth-order valence-corrected chi connectivity index (χ4v) is 4.95. The molecule has 0 radical (unpaired) electrons. The maximum Gasteiger partial charge on any atom is 0.299 e. The van der Waals surface area contributed by atoms with Gasteiger partial charge in [0.1, 0.15) is 5.84 Å². The van der Waals surface area contributed by atoms with Gasteiger partial charge in [0, 0.05) is 23.5 Å². The number of rotatable bonds is 5. The number of para-hydroxylation sites is 1. The Morgan fingerprint density at radius 1 is 1.03 bits per heavy atom. The summed E-state index contributed by atoms with van der Waals surface area (Å²) in [5.41, 5.74) is 8.66. The third kappa shape index (κ3) is 5.34. The summed E-state index contributed by atoms with van der Waals surface area (Å²) in [6.07, 6.45) is 1.96. The Balaban J connectivity index is 0.00000304. The van der Waals surface area contributed by atoms with Crippen molar-refractivity contribution in [1.82, 2.24) is 5.43 Å². The first-order valence-electron chi connectivity index (χ1n) is 11.4. The molecule has 0 unspecified atom stereocenters. The van der Waals surface area contributed by atoms with Crippen LogP contribution in [0, 0.1) is 0 Å². The van der Waals surface area contributed by atoms with E-state index in [9.17, 15) is 4.79 Å². The topological polar surface area (TPSA) is 75.5 Å². The molecule has 2 aliphatic rings. The minimum atomic E-state index is -0.116. The highest BCUT2D eigenvalue weighted by atomic mass is 35.5. The third-order valence-electron chi connectivity index (χ3n) is 6.04. The Morgan fingerprint density at radius 2 is 1.83 bits per heavy atom. The Morgan fingerprint density at radius 3 is 2.56 bits per heavy atom. The number of ether oxygens (including phenoxy) is 2. The Kier molecular flexibility index (Phi) is 8.18. The number of thioether (sulfide) groups is 1. The van der Waals surface area contributed by atoms with Crippen molar-refractivity contribution < 1.29 is 14.3 Å². The number of hydrogen-bond donors (Lipinski definition) is 1. The number of aliphatic imine (C=N–C) groups is 1. The van der Waals surface area contributed by atoms with Crippen LogP contribution in [-0.4, -0.2) is 43.3 Å². The second-order valence-electron chi connectivity index (χ2n) is 8.19. The molecule has 7 nitrogen and oxygen atoms in total. The van der Waals surface area contributed by atoms with Crippen molar-refractivity contribution in [2.24, 2.45) is 10.1 Å². The van der Waals surface area contributed by atoms with Gasteiger partial charge in [0.25, 0.3) is 5.24 Å². The van der Waals surface area contributed by atoms with Gasteiger partial charge in [-0.25, -0.2) is 10.4 Å². The molecule has 0 bridgehead atoms. The van der Waals surface area contributed by atoms with Crippen LogP contribution in [0.5, 0.6) is 11.5 Å². The lowest BCUT2D eigenvalue weighted by molar-refractivity contribution is 0.261. The van der Waals surface area contributed by atoms with Gasteiger partial charge in [-0.2, -0.15) is 5.10 Å². The standard InChI is InChI=1S/C27H26N4O3S.ClH/c1-33-24-13-11-20(16-25(24)34-2)26(28-21-8-4-3-5-9-21)31-14-6-7-19-15-18(10-12-23(19)31)22-17-35-27(32)30-29-22;/h3-5,8-13,15-16H,6-7,14,17H2,1-2H3,(H,30,32);1H. The van der Waals surface area contributed by atoms with E-state index in [1.54, 1.807) is 14.2 Å². The molecule has 0 fully saturated rings. The Bertz CT molecular complexity index is 1310. The highest BCUT2D eigenvalue weighted by Crippen LogP contribution is 2.34. The van der Waals surface area contributed by atoms with Crippen molar-refractivity contribution in [2.75, 3.05) is 31.4 Å². The highest BCUT2D eigenvalue weighted by Gasteiger charge is 2.25. The summed E-state index contributed by atoms with van der Waals surface area (Å²) in [4.78, 5) is 18.8. The van der Waals surface area contributed by atoms with E-state index in [0.29, 0.717) is 17.3 Å². The molecule has 0 saturated heterocycles. The number of carbonyl (C=O) groups is 1. The molecular formula is C27H27ClN4O3S. The fourth-order valence-electron chi connectivity index (χ4n) is 4.34. The van der Waals surface area contributed by atoms with Crippen LogP contribution in [0.25, 0.3) is 0 Å². The van der Waals surface area contributed by atoms with Crippen LogP contribution in [0.1, 0.15) is 23.1 Å². The zero-order valence-electron chi connectivity index (χ0n) is 20.1. The minimum absolute atomic E-state index is 0. The van der Waals surface area contributed by atoms with E-state index in [-0.39, 0.29) is 17.6 Å². The van der Waals surface area contributed by atoms with Crippen LogP contribution >= 0.6 is 24.2 Å². The van der Waals surface area contributed by atoms with E-state index in [1.807, 2.05) is 48.5 Å². The summed E-state index contributed by atoms with van der Waals surface area (Å²) in [7, 11) is 3.28. The maximum absolute atomic E-state index is 11.5. The number of hydrazone groups is 1. The highest BCUT2D eigenvalue weighted by molar-refractivity contribution is 8.14. The van der Waals surface area contributed by atoms with Gasteiger partial charge < -0.3 is 14.4 Å². The van der Waals surface area contributed by atoms with Gasteiger partial charge in [-0.3, -0.25) is 4.79 Å². The van der Waals surface area contributed by atoms with Gasteiger partial charge >= 0.3 is 0 Å². The molecule has 0 atom stereocenters. The van der Waals surface area contributed by atoms with Crippen molar-refractivity contribution in [2.45, 2.75) is 12.8 Å². The molecule has 3 aromatic rings.